The Morgan fingerprint density at radius 2 is 1.95 bits per heavy atom. The molecule has 0 fully saturated rings. The predicted molar refractivity (Wildman–Crippen MR) is 74.4 cm³/mol. The second kappa shape index (κ2) is 6.34. The van der Waals surface area contributed by atoms with Gasteiger partial charge in [0.05, 0.1) is 12.5 Å². The molecule has 1 aromatic rings. The van der Waals surface area contributed by atoms with Crippen molar-refractivity contribution in [2.24, 2.45) is 5.73 Å². The van der Waals surface area contributed by atoms with E-state index in [1.165, 1.54) is 6.08 Å². The Morgan fingerprint density at radius 1 is 1.35 bits per heavy atom. The number of rotatable bonds is 5. The summed E-state index contributed by atoms with van der Waals surface area (Å²) in [7, 11) is 0. The van der Waals surface area contributed by atoms with Crippen LogP contribution in [-0.4, -0.2) is 29.4 Å². The predicted octanol–water partition coefficient (Wildman–Crippen LogP) is 0.975. The normalized spacial score (nSPS) is 14.6. The zero-order valence-electron chi connectivity index (χ0n) is 11.2. The molecule has 2 N–H and O–H groups in total. The lowest BCUT2D eigenvalue weighted by Gasteiger charge is -2.19. The number of hydrogen-bond donors (Lipinski definition) is 1. The molecule has 1 aliphatic heterocycles. The molecule has 0 spiro atoms. The van der Waals surface area contributed by atoms with E-state index in [-0.39, 0.29) is 18.9 Å². The van der Waals surface area contributed by atoms with Gasteiger partial charge in [0.15, 0.2) is 0 Å². The van der Waals surface area contributed by atoms with Crippen molar-refractivity contribution in [1.82, 2.24) is 4.90 Å². The molecule has 1 amide bonds. The zero-order valence-corrected chi connectivity index (χ0v) is 11.2. The van der Waals surface area contributed by atoms with Gasteiger partial charge in [-0.1, -0.05) is 36.9 Å². The molecule has 0 aromatic heterocycles. The molecule has 0 bridgehead atoms. The molecule has 0 saturated carbocycles. The number of nitrogens with two attached hydrogens (primary N) is 1. The number of carbonyl (C=O) groups is 2. The Labute approximate surface area is 118 Å². The highest BCUT2D eigenvalue weighted by Crippen LogP contribution is 2.22. The molecule has 1 aliphatic rings. The summed E-state index contributed by atoms with van der Waals surface area (Å²) in [5.74, 6) is -0.709. The van der Waals surface area contributed by atoms with E-state index in [4.69, 9.17) is 10.5 Å². The van der Waals surface area contributed by atoms with Crippen molar-refractivity contribution >= 4 is 11.9 Å². The minimum Gasteiger partial charge on any atom is -0.461 e. The Bertz CT molecular complexity index is 503. The van der Waals surface area contributed by atoms with Crippen molar-refractivity contribution in [3.8, 4) is 0 Å². The lowest BCUT2D eigenvalue weighted by atomic mass is 10.1. The van der Waals surface area contributed by atoms with Crippen LogP contribution < -0.4 is 5.73 Å². The van der Waals surface area contributed by atoms with E-state index in [2.05, 4.69) is 6.58 Å². The van der Waals surface area contributed by atoms with E-state index in [1.54, 1.807) is 4.90 Å². The van der Waals surface area contributed by atoms with Crippen molar-refractivity contribution in [3.05, 3.63) is 48.0 Å². The number of ether oxygens (including phenoxy) is 1. The summed E-state index contributed by atoms with van der Waals surface area (Å²) in [5.41, 5.74) is 8.04. The summed E-state index contributed by atoms with van der Waals surface area (Å²) in [6.45, 7) is 4.68. The van der Waals surface area contributed by atoms with Crippen molar-refractivity contribution in [2.45, 2.75) is 25.6 Å². The van der Waals surface area contributed by atoms with Crippen LogP contribution in [0.4, 0.5) is 0 Å². The van der Waals surface area contributed by atoms with Gasteiger partial charge in [-0.15, -0.1) is 0 Å². The van der Waals surface area contributed by atoms with Crippen LogP contribution in [0.3, 0.4) is 0 Å². The first-order valence-electron chi connectivity index (χ1n) is 6.49. The third-order valence-electron chi connectivity index (χ3n) is 3.22. The van der Waals surface area contributed by atoms with Gasteiger partial charge in [0, 0.05) is 13.1 Å². The minimum atomic E-state index is -0.860. The van der Waals surface area contributed by atoms with Gasteiger partial charge >= 0.3 is 5.97 Å². The Hall–Kier alpha value is -2.14. The maximum atomic E-state index is 12.2. The summed E-state index contributed by atoms with van der Waals surface area (Å²) in [6.07, 6.45) is 1.36. The van der Waals surface area contributed by atoms with Crippen molar-refractivity contribution in [1.29, 1.82) is 0 Å². The summed E-state index contributed by atoms with van der Waals surface area (Å²) in [5, 5.41) is 0. The van der Waals surface area contributed by atoms with Crippen LogP contribution in [0.25, 0.3) is 0 Å². The number of nitrogens with zero attached hydrogens (tertiary/aromatic N) is 1. The number of amides is 1. The average Bonchev–Trinajstić information content (AvgIpc) is 2.87. The quantitative estimate of drug-likeness (QED) is 0.641. The van der Waals surface area contributed by atoms with E-state index in [1.807, 2.05) is 24.3 Å². The molecule has 2 rings (SSSR count). The first-order valence-corrected chi connectivity index (χ1v) is 6.49. The summed E-state index contributed by atoms with van der Waals surface area (Å²) in [4.78, 5) is 25.3. The molecule has 1 atom stereocenters. The molecule has 5 heteroatoms. The molecule has 1 aromatic carbocycles. The average molecular weight is 274 g/mol. The van der Waals surface area contributed by atoms with Gasteiger partial charge in [-0.25, -0.2) is 0 Å². The van der Waals surface area contributed by atoms with Gasteiger partial charge in [-0.3, -0.25) is 9.59 Å². The molecule has 106 valence electrons. The van der Waals surface area contributed by atoms with E-state index < -0.39 is 12.0 Å². The first-order chi connectivity index (χ1) is 9.61. The first kappa shape index (κ1) is 14.3. The molecule has 20 heavy (non-hydrogen) atoms. The highest BCUT2D eigenvalue weighted by molar-refractivity contribution is 5.86. The fourth-order valence-corrected chi connectivity index (χ4v) is 2.20. The van der Waals surface area contributed by atoms with Crippen LogP contribution in [0.5, 0.6) is 0 Å². The molecular formula is C15H18N2O3. The largest absolute Gasteiger partial charge is 0.461 e. The van der Waals surface area contributed by atoms with Gasteiger partial charge < -0.3 is 15.4 Å². The maximum Gasteiger partial charge on any atom is 0.308 e. The van der Waals surface area contributed by atoms with Gasteiger partial charge in [0.25, 0.3) is 0 Å². The van der Waals surface area contributed by atoms with Crippen LogP contribution in [0.2, 0.25) is 0 Å². The van der Waals surface area contributed by atoms with Crippen molar-refractivity contribution in [3.63, 3.8) is 0 Å². The number of hydrogen-bond acceptors (Lipinski definition) is 4. The topological polar surface area (TPSA) is 72.6 Å². The molecule has 1 heterocycles. The number of esters is 1. The second-order valence-electron chi connectivity index (χ2n) is 4.75. The zero-order chi connectivity index (χ0) is 14.5. The number of carbonyl (C=O) groups excluding carboxylic acids is 2. The molecule has 5 nitrogen and oxygen atoms in total. The molecular weight excluding hydrogens is 256 g/mol. The van der Waals surface area contributed by atoms with Crippen LogP contribution >= 0.6 is 0 Å². The molecule has 0 aliphatic carbocycles. The van der Waals surface area contributed by atoms with Gasteiger partial charge in [-0.05, 0) is 11.1 Å². The highest BCUT2D eigenvalue weighted by atomic mass is 16.5. The number of fused-ring (bicyclic) bond motifs is 1. The summed E-state index contributed by atoms with van der Waals surface area (Å²) < 4.78 is 4.83. The standard InChI is InChI=1S/C15H18N2O3/c1-2-7-20-14(18)8-13(16)15(19)17-9-11-5-3-4-6-12(11)10-17/h2-6,13H,1,7-10,16H2. The second-order valence-corrected chi connectivity index (χ2v) is 4.75. The van der Waals surface area contributed by atoms with Crippen LogP contribution in [0.1, 0.15) is 17.5 Å². The fourth-order valence-electron chi connectivity index (χ4n) is 2.20. The monoisotopic (exact) mass is 274 g/mol. The van der Waals surface area contributed by atoms with E-state index >= 15 is 0 Å². The van der Waals surface area contributed by atoms with E-state index in [9.17, 15) is 9.59 Å². The smallest absolute Gasteiger partial charge is 0.308 e. The van der Waals surface area contributed by atoms with E-state index in [0.717, 1.165) is 11.1 Å². The van der Waals surface area contributed by atoms with Gasteiger partial charge in [0.1, 0.15) is 6.61 Å². The lowest BCUT2D eigenvalue weighted by molar-refractivity contribution is -0.146. The Balaban J connectivity index is 1.89. The Morgan fingerprint density at radius 3 is 2.50 bits per heavy atom. The van der Waals surface area contributed by atoms with Gasteiger partial charge in [-0.2, -0.15) is 0 Å². The third kappa shape index (κ3) is 3.24. The van der Waals surface area contributed by atoms with Crippen LogP contribution in [0, 0.1) is 0 Å². The summed E-state index contributed by atoms with van der Waals surface area (Å²) in [6, 6.07) is 7.01. The third-order valence-corrected chi connectivity index (χ3v) is 3.22. The maximum absolute atomic E-state index is 12.2. The molecule has 1 unspecified atom stereocenters. The fraction of sp³-hybridized carbons (Fsp3) is 0.333. The van der Waals surface area contributed by atoms with E-state index in [0.29, 0.717) is 13.1 Å². The number of benzene rings is 1. The SMILES string of the molecule is C=CCOC(=O)CC(N)C(=O)N1Cc2ccccc2C1. The van der Waals surface area contributed by atoms with Crippen molar-refractivity contribution in [2.75, 3.05) is 6.61 Å². The van der Waals surface area contributed by atoms with Gasteiger partial charge in [0.2, 0.25) is 5.91 Å². The van der Waals surface area contributed by atoms with Crippen molar-refractivity contribution < 1.29 is 14.3 Å². The Kier molecular flexibility index (Phi) is 4.53. The van der Waals surface area contributed by atoms with Crippen LogP contribution in [0.15, 0.2) is 36.9 Å². The summed E-state index contributed by atoms with van der Waals surface area (Å²) >= 11 is 0. The van der Waals surface area contributed by atoms with Crippen LogP contribution in [-0.2, 0) is 27.4 Å². The highest BCUT2D eigenvalue weighted by Gasteiger charge is 2.28. The lowest BCUT2D eigenvalue weighted by Crippen LogP contribution is -2.42. The minimum absolute atomic E-state index is 0.112. The molecule has 0 saturated heterocycles. The molecule has 0 radical (unpaired) electrons.